The SMILES string of the molecule is CC(C)(C)OC(O)NCCCN. The molecule has 0 fully saturated rings. The molecule has 74 valence electrons. The minimum atomic E-state index is -0.892. The number of ether oxygens (including phenoxy) is 1. The zero-order valence-corrected chi connectivity index (χ0v) is 8.13. The molecule has 0 amide bonds. The molecule has 0 radical (unpaired) electrons. The first-order chi connectivity index (χ1) is 5.45. The molecule has 1 atom stereocenters. The van der Waals surface area contributed by atoms with Gasteiger partial charge in [-0.2, -0.15) is 0 Å². The van der Waals surface area contributed by atoms with Gasteiger partial charge in [0.1, 0.15) is 0 Å². The molecule has 0 aliphatic carbocycles. The van der Waals surface area contributed by atoms with Crippen LogP contribution < -0.4 is 11.1 Å². The lowest BCUT2D eigenvalue weighted by molar-refractivity contribution is -0.181. The summed E-state index contributed by atoms with van der Waals surface area (Å²) >= 11 is 0. The van der Waals surface area contributed by atoms with E-state index in [9.17, 15) is 5.11 Å². The van der Waals surface area contributed by atoms with Crippen molar-refractivity contribution in [2.45, 2.75) is 39.2 Å². The van der Waals surface area contributed by atoms with E-state index in [1.807, 2.05) is 20.8 Å². The van der Waals surface area contributed by atoms with Crippen LogP contribution in [0, 0.1) is 0 Å². The van der Waals surface area contributed by atoms with E-state index in [4.69, 9.17) is 10.5 Å². The van der Waals surface area contributed by atoms with Crippen LogP contribution in [0.2, 0.25) is 0 Å². The zero-order valence-electron chi connectivity index (χ0n) is 8.13. The zero-order chi connectivity index (χ0) is 9.61. The van der Waals surface area contributed by atoms with Gasteiger partial charge in [-0.25, -0.2) is 0 Å². The molecule has 0 aromatic rings. The molecule has 12 heavy (non-hydrogen) atoms. The monoisotopic (exact) mass is 176 g/mol. The maximum Gasteiger partial charge on any atom is 0.214 e. The van der Waals surface area contributed by atoms with E-state index in [0.717, 1.165) is 6.42 Å². The van der Waals surface area contributed by atoms with Crippen LogP contribution in [0.4, 0.5) is 0 Å². The first-order valence-electron chi connectivity index (χ1n) is 4.25. The number of nitrogens with two attached hydrogens (primary N) is 1. The minimum absolute atomic E-state index is 0.324. The van der Waals surface area contributed by atoms with Gasteiger partial charge in [0.25, 0.3) is 0 Å². The van der Waals surface area contributed by atoms with Crippen LogP contribution >= 0.6 is 0 Å². The third-order valence-corrected chi connectivity index (χ3v) is 1.17. The maximum atomic E-state index is 9.24. The second-order valence-electron chi connectivity index (χ2n) is 3.68. The fraction of sp³-hybridized carbons (Fsp3) is 1.00. The summed E-state index contributed by atoms with van der Waals surface area (Å²) in [5.74, 6) is 0. The summed E-state index contributed by atoms with van der Waals surface area (Å²) in [4.78, 5) is 0. The molecule has 0 saturated carbocycles. The molecule has 0 aliphatic rings. The van der Waals surface area contributed by atoms with E-state index in [1.165, 1.54) is 0 Å². The van der Waals surface area contributed by atoms with E-state index in [2.05, 4.69) is 5.32 Å². The fourth-order valence-electron chi connectivity index (χ4n) is 0.704. The van der Waals surface area contributed by atoms with Crippen LogP contribution in [0.3, 0.4) is 0 Å². The highest BCUT2D eigenvalue weighted by Gasteiger charge is 2.15. The van der Waals surface area contributed by atoms with Gasteiger partial charge >= 0.3 is 0 Å². The van der Waals surface area contributed by atoms with Crippen molar-refractivity contribution in [3.8, 4) is 0 Å². The van der Waals surface area contributed by atoms with Gasteiger partial charge in [0.2, 0.25) is 6.41 Å². The summed E-state index contributed by atoms with van der Waals surface area (Å²) in [6.45, 7) is 6.96. The summed E-state index contributed by atoms with van der Waals surface area (Å²) in [5.41, 5.74) is 4.96. The fourth-order valence-corrected chi connectivity index (χ4v) is 0.704. The van der Waals surface area contributed by atoms with Crippen molar-refractivity contribution in [2.24, 2.45) is 5.73 Å². The van der Waals surface area contributed by atoms with E-state index in [1.54, 1.807) is 0 Å². The molecule has 0 rings (SSSR count). The Morgan fingerprint density at radius 3 is 2.50 bits per heavy atom. The Labute approximate surface area is 74.1 Å². The van der Waals surface area contributed by atoms with E-state index >= 15 is 0 Å². The summed E-state index contributed by atoms with van der Waals surface area (Å²) in [5, 5.41) is 12.0. The minimum Gasteiger partial charge on any atom is -0.356 e. The highest BCUT2D eigenvalue weighted by Crippen LogP contribution is 2.07. The summed E-state index contributed by atoms with van der Waals surface area (Å²) in [6, 6.07) is 0. The molecular formula is C8H20N2O2. The average Bonchev–Trinajstić information content (AvgIpc) is 1.84. The molecule has 4 nitrogen and oxygen atoms in total. The summed E-state index contributed by atoms with van der Waals surface area (Å²) in [6.07, 6.45) is -0.0542. The number of aliphatic hydroxyl groups excluding tert-OH is 1. The number of hydrogen-bond donors (Lipinski definition) is 3. The summed E-state index contributed by atoms with van der Waals surface area (Å²) in [7, 11) is 0. The molecule has 0 aromatic carbocycles. The van der Waals surface area contributed by atoms with E-state index < -0.39 is 6.41 Å². The number of aliphatic hydroxyl groups is 1. The standard InChI is InChI=1S/C8H20N2O2/c1-8(2,3)12-7(11)10-6-4-5-9/h7,10-11H,4-6,9H2,1-3H3. The largest absolute Gasteiger partial charge is 0.356 e. The topological polar surface area (TPSA) is 67.5 Å². The van der Waals surface area contributed by atoms with Crippen LogP contribution in [0.15, 0.2) is 0 Å². The second kappa shape index (κ2) is 5.48. The second-order valence-corrected chi connectivity index (χ2v) is 3.68. The van der Waals surface area contributed by atoms with Crippen LogP contribution in [-0.4, -0.2) is 30.2 Å². The molecule has 4 heteroatoms. The first-order valence-corrected chi connectivity index (χ1v) is 4.25. The Morgan fingerprint density at radius 1 is 1.50 bits per heavy atom. The first kappa shape index (κ1) is 11.8. The van der Waals surface area contributed by atoms with Gasteiger partial charge in [0.15, 0.2) is 0 Å². The van der Waals surface area contributed by atoms with Crippen molar-refractivity contribution in [3.05, 3.63) is 0 Å². The Morgan fingerprint density at radius 2 is 2.08 bits per heavy atom. The normalized spacial score (nSPS) is 14.8. The van der Waals surface area contributed by atoms with Gasteiger partial charge < -0.3 is 15.6 Å². The Bertz CT molecular complexity index is 112. The third-order valence-electron chi connectivity index (χ3n) is 1.17. The molecule has 1 unspecified atom stereocenters. The Hall–Kier alpha value is -0.160. The van der Waals surface area contributed by atoms with Crippen molar-refractivity contribution in [1.82, 2.24) is 5.32 Å². The van der Waals surface area contributed by atoms with Crippen molar-refractivity contribution >= 4 is 0 Å². The van der Waals surface area contributed by atoms with Crippen LogP contribution in [0.25, 0.3) is 0 Å². The molecule has 0 spiro atoms. The lowest BCUT2D eigenvalue weighted by Crippen LogP contribution is -2.38. The summed E-state index contributed by atoms with van der Waals surface area (Å²) < 4.78 is 5.19. The van der Waals surface area contributed by atoms with Crippen molar-refractivity contribution in [3.63, 3.8) is 0 Å². The molecular weight excluding hydrogens is 156 g/mol. The van der Waals surface area contributed by atoms with E-state index in [0.29, 0.717) is 13.1 Å². The predicted molar refractivity (Wildman–Crippen MR) is 48.5 cm³/mol. The van der Waals surface area contributed by atoms with E-state index in [-0.39, 0.29) is 5.60 Å². The van der Waals surface area contributed by atoms with Crippen LogP contribution in [0.5, 0.6) is 0 Å². The Balaban J connectivity index is 3.40. The van der Waals surface area contributed by atoms with Gasteiger partial charge in [-0.1, -0.05) is 0 Å². The number of nitrogens with one attached hydrogen (secondary N) is 1. The number of rotatable bonds is 5. The highest BCUT2D eigenvalue weighted by molar-refractivity contribution is 4.59. The quantitative estimate of drug-likeness (QED) is 0.408. The third kappa shape index (κ3) is 7.94. The van der Waals surface area contributed by atoms with Crippen molar-refractivity contribution in [1.29, 1.82) is 0 Å². The molecule has 0 heterocycles. The lowest BCUT2D eigenvalue weighted by Gasteiger charge is -2.24. The van der Waals surface area contributed by atoms with Gasteiger partial charge in [0, 0.05) is 6.54 Å². The van der Waals surface area contributed by atoms with Crippen molar-refractivity contribution in [2.75, 3.05) is 13.1 Å². The van der Waals surface area contributed by atoms with Gasteiger partial charge in [-0.15, -0.1) is 0 Å². The van der Waals surface area contributed by atoms with Crippen molar-refractivity contribution < 1.29 is 9.84 Å². The van der Waals surface area contributed by atoms with Crippen LogP contribution in [-0.2, 0) is 4.74 Å². The molecule has 0 saturated heterocycles. The highest BCUT2D eigenvalue weighted by atomic mass is 16.6. The molecule has 0 bridgehead atoms. The van der Waals surface area contributed by atoms with Gasteiger partial charge in [-0.3, -0.25) is 5.32 Å². The molecule has 4 N–H and O–H groups in total. The smallest absolute Gasteiger partial charge is 0.214 e. The van der Waals surface area contributed by atoms with Gasteiger partial charge in [-0.05, 0) is 33.7 Å². The van der Waals surface area contributed by atoms with Crippen LogP contribution in [0.1, 0.15) is 27.2 Å². The number of hydrogen-bond acceptors (Lipinski definition) is 4. The van der Waals surface area contributed by atoms with Gasteiger partial charge in [0.05, 0.1) is 5.60 Å². The predicted octanol–water partition coefficient (Wildman–Crippen LogP) is 0.0158. The maximum absolute atomic E-state index is 9.24. The molecule has 0 aromatic heterocycles. The lowest BCUT2D eigenvalue weighted by atomic mass is 10.2. The average molecular weight is 176 g/mol. The Kier molecular flexibility index (Phi) is 5.41. The molecule has 0 aliphatic heterocycles.